The molecule has 2 rings (SSSR count). The van der Waals surface area contributed by atoms with Crippen LogP contribution in [0.3, 0.4) is 0 Å². The van der Waals surface area contributed by atoms with Gasteiger partial charge in [0.1, 0.15) is 0 Å². The Hall–Kier alpha value is -0.870. The molecule has 0 saturated carbocycles. The van der Waals surface area contributed by atoms with Gasteiger partial charge in [-0.2, -0.15) is 0 Å². The summed E-state index contributed by atoms with van der Waals surface area (Å²) in [6.45, 7) is 6.55. The maximum Gasteiger partial charge on any atom is 0.177 e. The van der Waals surface area contributed by atoms with Gasteiger partial charge < -0.3 is 9.55 Å². The monoisotopic (exact) mass is 324 g/mol. The molecule has 18 heavy (non-hydrogen) atoms. The number of H-pyrrole nitrogens is 1. The quantitative estimate of drug-likeness (QED) is 0.784. The molecule has 1 aromatic heterocycles. The molecule has 4 heteroatoms. The zero-order valence-electron chi connectivity index (χ0n) is 10.8. The summed E-state index contributed by atoms with van der Waals surface area (Å²) in [6, 6.07) is 8.64. The van der Waals surface area contributed by atoms with E-state index in [1.165, 1.54) is 11.3 Å². The van der Waals surface area contributed by atoms with Crippen molar-refractivity contribution in [3.8, 4) is 0 Å². The highest BCUT2D eigenvalue weighted by Gasteiger charge is 2.15. The molecule has 0 spiro atoms. The molecule has 0 aliphatic rings. The Balaban J connectivity index is 2.45. The SMILES string of the molecule is CC(C)c1c[nH]c(=S)n1C(C)c1ccc(Br)cc1. The molecule has 0 aliphatic heterocycles. The predicted octanol–water partition coefficient (Wildman–Crippen LogP) is 5.04. The number of halogens is 1. The third-order valence-corrected chi connectivity index (χ3v) is 4.01. The van der Waals surface area contributed by atoms with Crippen LogP contribution in [0, 0.1) is 4.77 Å². The Labute approximate surface area is 121 Å². The smallest absolute Gasteiger partial charge is 0.177 e. The van der Waals surface area contributed by atoms with Crippen LogP contribution in [0.5, 0.6) is 0 Å². The van der Waals surface area contributed by atoms with E-state index in [0.717, 1.165) is 9.24 Å². The van der Waals surface area contributed by atoms with Crippen molar-refractivity contribution in [3.63, 3.8) is 0 Å². The molecule has 0 amide bonds. The number of aromatic amines is 1. The van der Waals surface area contributed by atoms with Gasteiger partial charge in [0.25, 0.3) is 0 Å². The van der Waals surface area contributed by atoms with Gasteiger partial charge in [-0.3, -0.25) is 0 Å². The van der Waals surface area contributed by atoms with Crippen LogP contribution in [-0.2, 0) is 0 Å². The summed E-state index contributed by atoms with van der Waals surface area (Å²) < 4.78 is 4.08. The summed E-state index contributed by atoms with van der Waals surface area (Å²) in [5, 5.41) is 0. The van der Waals surface area contributed by atoms with E-state index in [9.17, 15) is 0 Å². The van der Waals surface area contributed by atoms with Crippen LogP contribution >= 0.6 is 28.1 Å². The third kappa shape index (κ3) is 2.59. The Morgan fingerprint density at radius 1 is 1.17 bits per heavy atom. The van der Waals surface area contributed by atoms with Crippen molar-refractivity contribution in [1.29, 1.82) is 0 Å². The third-order valence-electron chi connectivity index (χ3n) is 3.17. The van der Waals surface area contributed by atoms with E-state index in [0.29, 0.717) is 5.92 Å². The van der Waals surface area contributed by atoms with Gasteiger partial charge in [0.05, 0.1) is 6.04 Å². The topological polar surface area (TPSA) is 20.7 Å². The van der Waals surface area contributed by atoms with E-state index in [1.807, 2.05) is 6.20 Å². The molecule has 0 saturated heterocycles. The van der Waals surface area contributed by atoms with Crippen molar-refractivity contribution in [1.82, 2.24) is 9.55 Å². The molecule has 1 unspecified atom stereocenters. The van der Waals surface area contributed by atoms with Gasteiger partial charge in [-0.1, -0.05) is 41.9 Å². The van der Waals surface area contributed by atoms with Gasteiger partial charge in [-0.05, 0) is 42.8 Å². The molecule has 0 fully saturated rings. The van der Waals surface area contributed by atoms with Crippen LogP contribution in [0.2, 0.25) is 0 Å². The van der Waals surface area contributed by atoms with Crippen molar-refractivity contribution in [3.05, 3.63) is 51.0 Å². The van der Waals surface area contributed by atoms with Crippen LogP contribution in [0.25, 0.3) is 0 Å². The number of hydrogen-bond donors (Lipinski definition) is 1. The summed E-state index contributed by atoms with van der Waals surface area (Å²) in [4.78, 5) is 3.15. The number of imidazole rings is 1. The maximum atomic E-state index is 5.39. The predicted molar refractivity (Wildman–Crippen MR) is 81.7 cm³/mol. The zero-order valence-corrected chi connectivity index (χ0v) is 13.2. The van der Waals surface area contributed by atoms with Gasteiger partial charge in [0, 0.05) is 16.4 Å². The second kappa shape index (κ2) is 5.41. The molecule has 0 aliphatic carbocycles. The molecule has 2 aromatic rings. The molecule has 1 N–H and O–H groups in total. The molecule has 0 bridgehead atoms. The highest BCUT2D eigenvalue weighted by molar-refractivity contribution is 9.10. The van der Waals surface area contributed by atoms with Crippen molar-refractivity contribution in [2.45, 2.75) is 32.7 Å². The first-order valence-electron chi connectivity index (χ1n) is 6.06. The van der Waals surface area contributed by atoms with Gasteiger partial charge in [0.2, 0.25) is 0 Å². The van der Waals surface area contributed by atoms with Crippen molar-refractivity contribution in [2.75, 3.05) is 0 Å². The summed E-state index contributed by atoms with van der Waals surface area (Å²) in [5.74, 6) is 0.454. The van der Waals surface area contributed by atoms with E-state index in [4.69, 9.17) is 12.2 Å². The molecule has 1 heterocycles. The minimum absolute atomic E-state index is 0.245. The number of nitrogens with zero attached hydrogens (tertiary/aromatic N) is 1. The highest BCUT2D eigenvalue weighted by Crippen LogP contribution is 2.25. The van der Waals surface area contributed by atoms with Crippen molar-refractivity contribution < 1.29 is 0 Å². The van der Waals surface area contributed by atoms with Crippen LogP contribution in [0.1, 0.15) is 44.0 Å². The minimum atomic E-state index is 0.245. The van der Waals surface area contributed by atoms with Gasteiger partial charge in [-0.25, -0.2) is 0 Å². The second-order valence-electron chi connectivity index (χ2n) is 4.77. The lowest BCUT2D eigenvalue weighted by molar-refractivity contribution is 0.582. The second-order valence-corrected chi connectivity index (χ2v) is 6.07. The molecular formula is C14H17BrN2S. The average Bonchev–Trinajstić information content (AvgIpc) is 2.71. The first kappa shape index (κ1) is 13.6. The lowest BCUT2D eigenvalue weighted by atomic mass is 10.1. The Morgan fingerprint density at radius 3 is 2.33 bits per heavy atom. The molecule has 1 atom stereocenters. The fourth-order valence-corrected chi connectivity index (χ4v) is 2.71. The highest BCUT2D eigenvalue weighted by atomic mass is 79.9. The average molecular weight is 325 g/mol. The van der Waals surface area contributed by atoms with Gasteiger partial charge in [0.15, 0.2) is 4.77 Å². The molecular weight excluding hydrogens is 308 g/mol. The standard InChI is InChI=1S/C14H17BrN2S/c1-9(2)13-8-16-14(18)17(13)10(3)11-4-6-12(15)7-5-11/h4-10H,1-3H3,(H,16,18). The van der Waals surface area contributed by atoms with Gasteiger partial charge in [-0.15, -0.1) is 0 Å². The maximum absolute atomic E-state index is 5.39. The van der Waals surface area contributed by atoms with E-state index in [2.05, 4.69) is 70.5 Å². The minimum Gasteiger partial charge on any atom is -0.337 e. The molecule has 1 aromatic carbocycles. The summed E-state index contributed by atoms with van der Waals surface area (Å²) in [6.07, 6.45) is 2.02. The van der Waals surface area contributed by atoms with E-state index >= 15 is 0 Å². The number of aromatic nitrogens is 2. The Morgan fingerprint density at radius 2 is 1.78 bits per heavy atom. The van der Waals surface area contributed by atoms with Crippen LogP contribution in [0.4, 0.5) is 0 Å². The lowest BCUT2D eigenvalue weighted by Gasteiger charge is -2.19. The van der Waals surface area contributed by atoms with E-state index < -0.39 is 0 Å². The normalized spacial score (nSPS) is 12.9. The number of hydrogen-bond acceptors (Lipinski definition) is 1. The number of rotatable bonds is 3. The molecule has 0 radical (unpaired) electrons. The largest absolute Gasteiger partial charge is 0.337 e. The molecule has 96 valence electrons. The fourth-order valence-electron chi connectivity index (χ4n) is 2.13. The van der Waals surface area contributed by atoms with Crippen LogP contribution in [-0.4, -0.2) is 9.55 Å². The summed E-state index contributed by atoms with van der Waals surface area (Å²) in [7, 11) is 0. The molecule has 2 nitrogen and oxygen atoms in total. The zero-order chi connectivity index (χ0) is 13.3. The first-order chi connectivity index (χ1) is 8.50. The van der Waals surface area contributed by atoms with Crippen molar-refractivity contribution >= 4 is 28.1 Å². The van der Waals surface area contributed by atoms with E-state index in [-0.39, 0.29) is 6.04 Å². The Bertz CT molecular complexity index is 581. The number of benzene rings is 1. The Kier molecular flexibility index (Phi) is 4.07. The van der Waals surface area contributed by atoms with Crippen LogP contribution in [0.15, 0.2) is 34.9 Å². The lowest BCUT2D eigenvalue weighted by Crippen LogP contribution is -2.11. The van der Waals surface area contributed by atoms with Crippen molar-refractivity contribution in [2.24, 2.45) is 0 Å². The van der Waals surface area contributed by atoms with E-state index in [1.54, 1.807) is 0 Å². The number of nitrogens with one attached hydrogen (secondary N) is 1. The van der Waals surface area contributed by atoms with Gasteiger partial charge >= 0.3 is 0 Å². The first-order valence-corrected chi connectivity index (χ1v) is 7.26. The summed E-state index contributed by atoms with van der Waals surface area (Å²) >= 11 is 8.85. The fraction of sp³-hybridized carbons (Fsp3) is 0.357. The summed E-state index contributed by atoms with van der Waals surface area (Å²) in [5.41, 5.74) is 2.51. The van der Waals surface area contributed by atoms with Crippen LogP contribution < -0.4 is 0 Å².